The first-order valence-corrected chi connectivity index (χ1v) is 8.04. The van der Waals surface area contributed by atoms with Crippen LogP contribution in [0.4, 0.5) is 10.1 Å². The van der Waals surface area contributed by atoms with Crippen molar-refractivity contribution in [2.24, 2.45) is 0 Å². The molecular formula is C20H17FN4O. The van der Waals surface area contributed by atoms with Gasteiger partial charge in [0.2, 0.25) is 0 Å². The molecule has 0 aliphatic rings. The van der Waals surface area contributed by atoms with Crippen LogP contribution in [0.3, 0.4) is 0 Å². The number of carbonyl (C=O) groups is 1. The molecule has 1 heterocycles. The Morgan fingerprint density at radius 1 is 1.12 bits per heavy atom. The minimum absolute atomic E-state index is 0.246. The zero-order valence-electron chi connectivity index (χ0n) is 14.4. The van der Waals surface area contributed by atoms with E-state index >= 15 is 0 Å². The van der Waals surface area contributed by atoms with E-state index in [1.165, 1.54) is 16.8 Å². The van der Waals surface area contributed by atoms with Crippen LogP contribution in [0.1, 0.15) is 29.9 Å². The number of halogens is 1. The molecule has 0 unspecified atom stereocenters. The molecule has 0 aliphatic heterocycles. The molecule has 0 fully saturated rings. The van der Waals surface area contributed by atoms with Crippen molar-refractivity contribution in [2.45, 2.75) is 19.3 Å². The molecule has 0 atom stereocenters. The monoisotopic (exact) mass is 348 g/mol. The van der Waals surface area contributed by atoms with Gasteiger partial charge >= 0.3 is 0 Å². The van der Waals surface area contributed by atoms with Gasteiger partial charge in [0.1, 0.15) is 5.82 Å². The number of nitriles is 1. The van der Waals surface area contributed by atoms with Gasteiger partial charge in [0.05, 0.1) is 17.2 Å². The zero-order valence-corrected chi connectivity index (χ0v) is 14.4. The molecule has 1 amide bonds. The number of hydrogen-bond donors (Lipinski definition) is 1. The molecule has 0 radical (unpaired) electrons. The van der Waals surface area contributed by atoms with E-state index in [1.807, 2.05) is 26.0 Å². The number of aromatic nitrogens is 2. The summed E-state index contributed by atoms with van der Waals surface area (Å²) in [5, 5.41) is 16.2. The van der Waals surface area contributed by atoms with Crippen molar-refractivity contribution in [3.63, 3.8) is 0 Å². The van der Waals surface area contributed by atoms with Crippen molar-refractivity contribution in [2.75, 3.05) is 5.32 Å². The number of benzene rings is 2. The first-order chi connectivity index (χ1) is 12.4. The molecule has 6 heteroatoms. The Bertz CT molecular complexity index is 966. The van der Waals surface area contributed by atoms with Crippen LogP contribution in [0.5, 0.6) is 0 Å². The summed E-state index contributed by atoms with van der Waals surface area (Å²) in [5.41, 5.74) is 1.81. The van der Waals surface area contributed by atoms with E-state index < -0.39 is 5.41 Å². The van der Waals surface area contributed by atoms with Crippen molar-refractivity contribution in [1.82, 2.24) is 9.78 Å². The second-order valence-corrected chi connectivity index (χ2v) is 6.39. The minimum Gasteiger partial charge on any atom is -0.321 e. The molecule has 1 aromatic heterocycles. The molecule has 2 aromatic carbocycles. The Morgan fingerprint density at radius 2 is 1.77 bits per heavy atom. The van der Waals surface area contributed by atoms with Crippen LogP contribution in [-0.2, 0) is 5.41 Å². The summed E-state index contributed by atoms with van der Waals surface area (Å²) in [5.74, 6) is -0.681. The maximum absolute atomic E-state index is 13.0. The third kappa shape index (κ3) is 3.62. The second kappa shape index (κ2) is 6.81. The smallest absolute Gasteiger partial charge is 0.276 e. The maximum atomic E-state index is 13.0. The van der Waals surface area contributed by atoms with Crippen LogP contribution in [0.2, 0.25) is 0 Å². The van der Waals surface area contributed by atoms with Gasteiger partial charge in [-0.3, -0.25) is 4.79 Å². The second-order valence-electron chi connectivity index (χ2n) is 6.39. The van der Waals surface area contributed by atoms with Crippen molar-refractivity contribution < 1.29 is 9.18 Å². The van der Waals surface area contributed by atoms with Gasteiger partial charge in [0, 0.05) is 11.9 Å². The van der Waals surface area contributed by atoms with E-state index in [9.17, 15) is 14.4 Å². The lowest BCUT2D eigenvalue weighted by Gasteiger charge is -2.16. The SMILES string of the molecule is CC(C)(C#N)c1ccc(NC(=O)c2ccn(-c3ccc(F)cc3)n2)cc1. The zero-order chi connectivity index (χ0) is 18.7. The number of nitrogens with one attached hydrogen (secondary N) is 1. The van der Waals surface area contributed by atoms with Crippen LogP contribution in [-0.4, -0.2) is 15.7 Å². The largest absolute Gasteiger partial charge is 0.321 e. The van der Waals surface area contributed by atoms with Crippen molar-refractivity contribution in [1.29, 1.82) is 5.26 Å². The summed E-state index contributed by atoms with van der Waals surface area (Å²) >= 11 is 0. The predicted molar refractivity (Wildman–Crippen MR) is 96.6 cm³/mol. The molecule has 5 nitrogen and oxygen atoms in total. The number of anilines is 1. The molecule has 0 bridgehead atoms. The average molecular weight is 348 g/mol. The molecule has 1 N–H and O–H groups in total. The van der Waals surface area contributed by atoms with E-state index in [-0.39, 0.29) is 17.4 Å². The van der Waals surface area contributed by atoms with Gasteiger partial charge < -0.3 is 5.32 Å². The third-order valence-electron chi connectivity index (χ3n) is 4.06. The van der Waals surface area contributed by atoms with Gasteiger partial charge in [-0.05, 0) is 61.9 Å². The first-order valence-electron chi connectivity index (χ1n) is 8.04. The fourth-order valence-corrected chi connectivity index (χ4v) is 2.41. The van der Waals surface area contributed by atoms with E-state index in [0.29, 0.717) is 11.4 Å². The lowest BCUT2D eigenvalue weighted by Crippen LogP contribution is -2.15. The molecule has 0 aliphatic carbocycles. The van der Waals surface area contributed by atoms with Crippen LogP contribution in [0.15, 0.2) is 60.8 Å². The molecule has 26 heavy (non-hydrogen) atoms. The quantitative estimate of drug-likeness (QED) is 0.773. The lowest BCUT2D eigenvalue weighted by atomic mass is 9.86. The van der Waals surface area contributed by atoms with Gasteiger partial charge in [-0.15, -0.1) is 0 Å². The van der Waals surface area contributed by atoms with Gasteiger partial charge in [-0.1, -0.05) is 12.1 Å². The van der Waals surface area contributed by atoms with E-state index in [0.717, 1.165) is 5.56 Å². The van der Waals surface area contributed by atoms with Crippen molar-refractivity contribution in [3.05, 3.63) is 77.9 Å². The van der Waals surface area contributed by atoms with Crippen LogP contribution in [0, 0.1) is 17.1 Å². The molecule has 3 rings (SSSR count). The average Bonchev–Trinajstić information content (AvgIpc) is 3.13. The highest BCUT2D eigenvalue weighted by Gasteiger charge is 2.19. The number of hydrogen-bond acceptors (Lipinski definition) is 3. The molecule has 0 spiro atoms. The lowest BCUT2D eigenvalue weighted by molar-refractivity contribution is 0.102. The molecule has 0 saturated carbocycles. The maximum Gasteiger partial charge on any atom is 0.276 e. The fourth-order valence-electron chi connectivity index (χ4n) is 2.41. The number of rotatable bonds is 4. The Morgan fingerprint density at radius 3 is 2.38 bits per heavy atom. The van der Waals surface area contributed by atoms with Gasteiger partial charge in [0.25, 0.3) is 5.91 Å². The molecule has 130 valence electrons. The number of nitrogens with zero attached hydrogens (tertiary/aromatic N) is 3. The summed E-state index contributed by atoms with van der Waals surface area (Å²) in [7, 11) is 0. The Hall–Kier alpha value is -3.46. The van der Waals surface area contributed by atoms with E-state index in [1.54, 1.807) is 36.5 Å². The van der Waals surface area contributed by atoms with Crippen LogP contribution < -0.4 is 5.32 Å². The van der Waals surface area contributed by atoms with Gasteiger partial charge in [0.15, 0.2) is 5.69 Å². The molecular weight excluding hydrogens is 331 g/mol. The minimum atomic E-state index is -0.587. The van der Waals surface area contributed by atoms with Crippen molar-refractivity contribution in [3.8, 4) is 11.8 Å². The third-order valence-corrected chi connectivity index (χ3v) is 4.06. The Balaban J connectivity index is 1.73. The van der Waals surface area contributed by atoms with Gasteiger partial charge in [-0.2, -0.15) is 10.4 Å². The van der Waals surface area contributed by atoms with Gasteiger partial charge in [-0.25, -0.2) is 9.07 Å². The standard InChI is InChI=1S/C20H17FN4O/c1-20(2,13-22)14-3-7-16(8-4-14)23-19(26)18-11-12-25(24-18)17-9-5-15(21)6-10-17/h3-12H,1-2H3,(H,23,26). The van der Waals surface area contributed by atoms with Crippen LogP contribution in [0.25, 0.3) is 5.69 Å². The summed E-state index contributed by atoms with van der Waals surface area (Å²) in [6.45, 7) is 3.67. The Kier molecular flexibility index (Phi) is 4.55. The first kappa shape index (κ1) is 17.4. The van der Waals surface area contributed by atoms with Crippen LogP contribution >= 0.6 is 0 Å². The molecule has 0 saturated heterocycles. The number of amides is 1. The molecule has 3 aromatic rings. The fraction of sp³-hybridized carbons (Fsp3) is 0.150. The Labute approximate surface area is 150 Å². The summed E-state index contributed by atoms with van der Waals surface area (Å²) in [4.78, 5) is 12.4. The highest BCUT2D eigenvalue weighted by atomic mass is 19.1. The number of carbonyl (C=O) groups excluding carboxylic acids is 1. The van der Waals surface area contributed by atoms with E-state index in [2.05, 4.69) is 16.5 Å². The normalized spacial score (nSPS) is 11.0. The summed E-state index contributed by atoms with van der Waals surface area (Å²) in [6, 6.07) is 16.8. The highest BCUT2D eigenvalue weighted by molar-refractivity contribution is 6.02. The summed E-state index contributed by atoms with van der Waals surface area (Å²) < 4.78 is 14.5. The predicted octanol–water partition coefficient (Wildman–Crippen LogP) is 4.06. The van der Waals surface area contributed by atoms with E-state index in [4.69, 9.17) is 0 Å². The van der Waals surface area contributed by atoms with Crippen molar-refractivity contribution >= 4 is 11.6 Å². The highest BCUT2D eigenvalue weighted by Crippen LogP contribution is 2.23. The topological polar surface area (TPSA) is 70.7 Å². The summed E-state index contributed by atoms with van der Waals surface area (Å²) in [6.07, 6.45) is 1.64.